The van der Waals surface area contributed by atoms with Crippen LogP contribution in [0.1, 0.15) is 90.4 Å². The SMILES string of the molecule is CCCCCCCCCCCCCOC(=O)CCC(=O)O.[NaH]. The number of carbonyl (C=O) groups excluding carboxylic acids is 1. The Morgan fingerprint density at radius 2 is 1.23 bits per heavy atom. The molecule has 0 saturated heterocycles. The average molecular weight is 324 g/mol. The molecule has 0 heterocycles. The molecule has 126 valence electrons. The molecule has 4 nitrogen and oxygen atoms in total. The third-order valence-corrected chi connectivity index (χ3v) is 3.55. The van der Waals surface area contributed by atoms with Crippen LogP contribution < -0.4 is 0 Å². The summed E-state index contributed by atoms with van der Waals surface area (Å²) in [5.74, 6) is -1.36. The van der Waals surface area contributed by atoms with Crippen molar-refractivity contribution < 1.29 is 19.4 Å². The molecule has 0 aliphatic carbocycles. The molecule has 0 saturated carbocycles. The summed E-state index contributed by atoms with van der Waals surface area (Å²) < 4.78 is 4.97. The molecule has 0 rings (SSSR count). The van der Waals surface area contributed by atoms with Gasteiger partial charge in [0.05, 0.1) is 19.4 Å². The topological polar surface area (TPSA) is 63.6 Å². The van der Waals surface area contributed by atoms with Crippen molar-refractivity contribution in [1.82, 2.24) is 0 Å². The van der Waals surface area contributed by atoms with E-state index in [1.165, 1.54) is 57.8 Å². The van der Waals surface area contributed by atoms with Gasteiger partial charge in [-0.1, -0.05) is 71.1 Å². The summed E-state index contributed by atoms with van der Waals surface area (Å²) >= 11 is 0. The fraction of sp³-hybridized carbons (Fsp3) is 0.882. The summed E-state index contributed by atoms with van der Waals surface area (Å²) in [6.45, 7) is 2.67. The third-order valence-electron chi connectivity index (χ3n) is 3.55. The minimum absolute atomic E-state index is 0. The molecule has 0 spiro atoms. The predicted octanol–water partition coefficient (Wildman–Crippen LogP) is 4.06. The Hall–Kier alpha value is -0.0600. The monoisotopic (exact) mass is 324 g/mol. The second-order valence-electron chi connectivity index (χ2n) is 5.65. The molecule has 22 heavy (non-hydrogen) atoms. The van der Waals surface area contributed by atoms with Crippen LogP contribution in [-0.4, -0.2) is 53.2 Å². The summed E-state index contributed by atoms with van der Waals surface area (Å²) in [5.41, 5.74) is 0. The Kier molecular flexibility index (Phi) is 20.9. The molecule has 0 amide bonds. The number of carboxylic acid groups (broad SMARTS) is 1. The van der Waals surface area contributed by atoms with Crippen molar-refractivity contribution >= 4 is 41.5 Å². The normalized spacial score (nSPS) is 10.0. The van der Waals surface area contributed by atoms with E-state index in [1.54, 1.807) is 0 Å². The van der Waals surface area contributed by atoms with Crippen LogP contribution in [-0.2, 0) is 14.3 Å². The van der Waals surface area contributed by atoms with Crippen LogP contribution >= 0.6 is 0 Å². The molecule has 0 fully saturated rings. The molecule has 0 bridgehead atoms. The summed E-state index contributed by atoms with van der Waals surface area (Å²) in [6.07, 6.45) is 13.7. The van der Waals surface area contributed by atoms with E-state index in [4.69, 9.17) is 9.84 Å². The van der Waals surface area contributed by atoms with Crippen LogP contribution in [0.15, 0.2) is 0 Å². The first-order valence-electron chi connectivity index (χ1n) is 8.54. The zero-order chi connectivity index (χ0) is 15.8. The number of hydrogen-bond acceptors (Lipinski definition) is 3. The molecule has 0 radical (unpaired) electrons. The van der Waals surface area contributed by atoms with Crippen molar-refractivity contribution in [3.63, 3.8) is 0 Å². The van der Waals surface area contributed by atoms with E-state index in [9.17, 15) is 9.59 Å². The second kappa shape index (κ2) is 19.0. The van der Waals surface area contributed by atoms with Crippen LogP contribution in [0.25, 0.3) is 0 Å². The number of esters is 1. The fourth-order valence-electron chi connectivity index (χ4n) is 2.23. The Morgan fingerprint density at radius 3 is 1.68 bits per heavy atom. The van der Waals surface area contributed by atoms with Gasteiger partial charge in [-0.25, -0.2) is 0 Å². The van der Waals surface area contributed by atoms with Gasteiger partial charge < -0.3 is 9.84 Å². The van der Waals surface area contributed by atoms with E-state index < -0.39 is 11.9 Å². The van der Waals surface area contributed by atoms with E-state index in [0.717, 1.165) is 12.8 Å². The first-order valence-corrected chi connectivity index (χ1v) is 8.54. The maximum absolute atomic E-state index is 11.1. The number of carbonyl (C=O) groups is 2. The molecule has 0 unspecified atom stereocenters. The molecule has 0 aromatic carbocycles. The molecule has 0 atom stereocenters. The van der Waals surface area contributed by atoms with E-state index in [-0.39, 0.29) is 42.4 Å². The van der Waals surface area contributed by atoms with Gasteiger partial charge in [0.1, 0.15) is 0 Å². The van der Waals surface area contributed by atoms with Crippen molar-refractivity contribution in [3.05, 3.63) is 0 Å². The van der Waals surface area contributed by atoms with Gasteiger partial charge in [-0.3, -0.25) is 9.59 Å². The molecule has 5 heteroatoms. The van der Waals surface area contributed by atoms with Gasteiger partial charge in [0.25, 0.3) is 0 Å². The van der Waals surface area contributed by atoms with Crippen LogP contribution in [0, 0.1) is 0 Å². The molecular weight excluding hydrogens is 291 g/mol. The van der Waals surface area contributed by atoms with Crippen molar-refractivity contribution in [2.24, 2.45) is 0 Å². The van der Waals surface area contributed by atoms with Crippen molar-refractivity contribution in [2.45, 2.75) is 90.4 Å². The van der Waals surface area contributed by atoms with E-state index in [2.05, 4.69) is 6.92 Å². The fourth-order valence-corrected chi connectivity index (χ4v) is 2.23. The molecule has 0 aromatic rings. The third kappa shape index (κ3) is 19.9. The van der Waals surface area contributed by atoms with E-state index >= 15 is 0 Å². The van der Waals surface area contributed by atoms with Crippen molar-refractivity contribution in [3.8, 4) is 0 Å². The Bertz CT molecular complexity index is 269. The molecule has 0 aromatic heterocycles. The zero-order valence-corrected chi connectivity index (χ0v) is 13.6. The number of aliphatic carboxylic acids is 1. The predicted molar refractivity (Wildman–Crippen MR) is 91.4 cm³/mol. The zero-order valence-electron chi connectivity index (χ0n) is 13.6. The van der Waals surface area contributed by atoms with E-state index in [0.29, 0.717) is 6.61 Å². The number of unbranched alkanes of at least 4 members (excludes halogenated alkanes) is 10. The Labute approximate surface area is 157 Å². The van der Waals surface area contributed by atoms with Crippen LogP contribution in [0.2, 0.25) is 0 Å². The van der Waals surface area contributed by atoms with Gasteiger partial charge in [0.15, 0.2) is 0 Å². The van der Waals surface area contributed by atoms with Gasteiger partial charge in [-0.15, -0.1) is 0 Å². The van der Waals surface area contributed by atoms with Crippen molar-refractivity contribution in [2.75, 3.05) is 6.61 Å². The van der Waals surface area contributed by atoms with Gasteiger partial charge in [0, 0.05) is 0 Å². The first-order chi connectivity index (χ1) is 10.2. The Balaban J connectivity index is 0. The Morgan fingerprint density at radius 1 is 0.773 bits per heavy atom. The summed E-state index contributed by atoms with van der Waals surface area (Å²) in [7, 11) is 0. The summed E-state index contributed by atoms with van der Waals surface area (Å²) in [6, 6.07) is 0. The summed E-state index contributed by atoms with van der Waals surface area (Å²) in [4.78, 5) is 21.4. The molecule has 1 N–H and O–H groups in total. The van der Waals surface area contributed by atoms with Crippen LogP contribution in [0.3, 0.4) is 0 Å². The number of carboxylic acids is 1. The van der Waals surface area contributed by atoms with Gasteiger partial charge in [-0.2, -0.15) is 0 Å². The standard InChI is InChI=1S/C17H32O4.Na.H/c1-2-3-4-5-6-7-8-9-10-11-12-15-21-17(20)14-13-16(18)19;;/h2-15H2,1H3,(H,18,19);;. The minimum atomic E-state index is -0.957. The second-order valence-corrected chi connectivity index (χ2v) is 5.65. The first kappa shape index (κ1) is 24.2. The average Bonchev–Trinajstić information content (AvgIpc) is 2.46. The number of hydrogen-bond donors (Lipinski definition) is 1. The van der Waals surface area contributed by atoms with Gasteiger partial charge >= 0.3 is 41.5 Å². The molecule has 0 aliphatic rings. The summed E-state index contributed by atoms with van der Waals surface area (Å²) in [5, 5.41) is 8.43. The van der Waals surface area contributed by atoms with Crippen LogP contribution in [0.5, 0.6) is 0 Å². The molecular formula is C17H33NaO4. The van der Waals surface area contributed by atoms with Crippen LogP contribution in [0.4, 0.5) is 0 Å². The maximum atomic E-state index is 11.1. The van der Waals surface area contributed by atoms with Crippen molar-refractivity contribution in [1.29, 1.82) is 0 Å². The number of ether oxygens (including phenoxy) is 1. The van der Waals surface area contributed by atoms with Gasteiger partial charge in [-0.05, 0) is 6.42 Å². The number of rotatable bonds is 15. The molecule has 0 aliphatic heterocycles. The van der Waals surface area contributed by atoms with E-state index in [1.807, 2.05) is 0 Å². The quantitative estimate of drug-likeness (QED) is 0.280. The van der Waals surface area contributed by atoms with Gasteiger partial charge in [0.2, 0.25) is 0 Å².